The van der Waals surface area contributed by atoms with Crippen molar-refractivity contribution >= 4 is 26.8 Å². The van der Waals surface area contributed by atoms with Crippen molar-refractivity contribution in [1.82, 2.24) is 24.3 Å². The van der Waals surface area contributed by atoms with Crippen molar-refractivity contribution in [1.29, 1.82) is 0 Å². The van der Waals surface area contributed by atoms with E-state index in [9.17, 15) is 0 Å². The van der Waals surface area contributed by atoms with Gasteiger partial charge in [-0.25, -0.2) is 14.6 Å². The predicted octanol–water partition coefficient (Wildman–Crippen LogP) is 2.35. The lowest BCUT2D eigenvalue weighted by Gasteiger charge is -2.05. The summed E-state index contributed by atoms with van der Waals surface area (Å²) in [4.78, 5) is 8.79. The average molecular weight is 290 g/mol. The van der Waals surface area contributed by atoms with Gasteiger partial charge in [-0.1, -0.05) is 11.3 Å². The van der Waals surface area contributed by atoms with Crippen LogP contribution in [0.1, 0.15) is 17.9 Å². The van der Waals surface area contributed by atoms with Gasteiger partial charge in [0.15, 0.2) is 10.8 Å². The van der Waals surface area contributed by atoms with Gasteiger partial charge >= 0.3 is 0 Å². The molecule has 3 aromatic heterocycles. The second-order valence-corrected chi connectivity index (χ2v) is 5.83. The summed E-state index contributed by atoms with van der Waals surface area (Å²) >= 11 is 1.67. The molecule has 0 atom stereocenters. The molecule has 1 N–H and O–H groups in total. The molecule has 6 nitrogen and oxygen atoms in total. The number of hydrogen-bond donors (Lipinski definition) is 1. The molecule has 0 bridgehead atoms. The van der Waals surface area contributed by atoms with E-state index in [0.717, 1.165) is 41.8 Å². The Kier molecular flexibility index (Phi) is 3.43. The number of nitrogens with zero attached hydrogens (tertiary/aromatic N) is 5. The third-order valence-electron chi connectivity index (χ3n) is 3.32. The smallest absolute Gasteiger partial charge is 0.185 e. The van der Waals surface area contributed by atoms with Crippen LogP contribution in [0.15, 0.2) is 12.4 Å². The number of thiazole rings is 1. The first-order valence-corrected chi connectivity index (χ1v) is 7.48. The van der Waals surface area contributed by atoms with Crippen molar-refractivity contribution < 1.29 is 0 Å². The molecule has 106 valence electrons. The maximum absolute atomic E-state index is 4.57. The number of nitrogens with one attached hydrogen (secondary N) is 1. The summed E-state index contributed by atoms with van der Waals surface area (Å²) in [6.45, 7) is 5.93. The van der Waals surface area contributed by atoms with Crippen molar-refractivity contribution in [3.8, 4) is 0 Å². The number of rotatable bonds is 5. The highest BCUT2D eigenvalue weighted by Gasteiger charge is 2.11. The summed E-state index contributed by atoms with van der Waals surface area (Å²) in [5.41, 5.74) is 2.00. The molecule has 0 aliphatic heterocycles. The largest absolute Gasteiger partial charge is 0.361 e. The van der Waals surface area contributed by atoms with Crippen LogP contribution >= 0.6 is 11.3 Å². The lowest BCUT2D eigenvalue weighted by molar-refractivity contribution is 0.642. The zero-order valence-corrected chi connectivity index (χ0v) is 12.7. The van der Waals surface area contributed by atoms with Crippen LogP contribution in [0, 0.1) is 13.8 Å². The van der Waals surface area contributed by atoms with E-state index in [4.69, 9.17) is 0 Å². The van der Waals surface area contributed by atoms with Gasteiger partial charge in [-0.15, -0.1) is 0 Å². The summed E-state index contributed by atoms with van der Waals surface area (Å²) < 4.78 is 5.16. The van der Waals surface area contributed by atoms with Gasteiger partial charge in [-0.2, -0.15) is 5.10 Å². The molecule has 0 saturated carbocycles. The van der Waals surface area contributed by atoms with Crippen molar-refractivity contribution in [2.75, 3.05) is 11.9 Å². The Morgan fingerprint density at radius 3 is 2.90 bits per heavy atom. The molecule has 0 aliphatic rings. The molecule has 3 rings (SSSR count). The van der Waals surface area contributed by atoms with Crippen LogP contribution in [0.5, 0.6) is 0 Å². The summed E-state index contributed by atoms with van der Waals surface area (Å²) in [5.74, 6) is 1.06. The van der Waals surface area contributed by atoms with E-state index in [1.54, 1.807) is 11.3 Å². The third kappa shape index (κ3) is 2.40. The maximum Gasteiger partial charge on any atom is 0.185 e. The molecule has 0 spiro atoms. The fourth-order valence-electron chi connectivity index (χ4n) is 2.25. The Balaban J connectivity index is 1.57. The predicted molar refractivity (Wildman–Crippen MR) is 81.2 cm³/mol. The molecule has 3 heterocycles. The van der Waals surface area contributed by atoms with Gasteiger partial charge in [0.2, 0.25) is 0 Å². The van der Waals surface area contributed by atoms with Gasteiger partial charge in [0.25, 0.3) is 0 Å². The van der Waals surface area contributed by atoms with Crippen LogP contribution in [0.3, 0.4) is 0 Å². The van der Waals surface area contributed by atoms with Crippen LogP contribution in [0.2, 0.25) is 0 Å². The van der Waals surface area contributed by atoms with E-state index < -0.39 is 0 Å². The number of imidazole rings is 1. The highest BCUT2D eigenvalue weighted by molar-refractivity contribution is 7.22. The number of hydrogen-bond acceptors (Lipinski definition) is 5. The van der Waals surface area contributed by atoms with E-state index in [1.807, 2.05) is 38.0 Å². The number of anilines is 1. The van der Waals surface area contributed by atoms with Crippen LogP contribution in [0.25, 0.3) is 10.3 Å². The Morgan fingerprint density at radius 1 is 1.35 bits per heavy atom. The zero-order valence-electron chi connectivity index (χ0n) is 11.9. The van der Waals surface area contributed by atoms with Crippen LogP contribution in [-0.4, -0.2) is 30.9 Å². The van der Waals surface area contributed by atoms with Crippen molar-refractivity contribution in [3.63, 3.8) is 0 Å². The molecule has 0 unspecified atom stereocenters. The summed E-state index contributed by atoms with van der Waals surface area (Å²) in [5, 5.41) is 8.72. The second kappa shape index (κ2) is 5.24. The van der Waals surface area contributed by atoms with E-state index >= 15 is 0 Å². The molecule has 0 fully saturated rings. The lowest BCUT2D eigenvalue weighted by atomic mass is 10.4. The monoisotopic (exact) mass is 290 g/mol. The minimum atomic E-state index is 0.907. The Labute approximate surface area is 121 Å². The average Bonchev–Trinajstić information content (AvgIpc) is 3.06. The molecule has 0 saturated heterocycles. The Hall–Kier alpha value is -1.89. The van der Waals surface area contributed by atoms with Gasteiger partial charge in [0.05, 0.1) is 10.4 Å². The maximum atomic E-state index is 4.57. The van der Waals surface area contributed by atoms with Gasteiger partial charge in [-0.05, 0) is 20.3 Å². The summed E-state index contributed by atoms with van der Waals surface area (Å²) in [6, 6.07) is 0. The van der Waals surface area contributed by atoms with Gasteiger partial charge < -0.3 is 9.88 Å². The standard InChI is InChI=1S/C13H18N6S/c1-9-11-12(18(3)17-9)16-13(20-11)15-5-4-7-19-8-6-14-10(19)2/h6,8H,4-5,7H2,1-3H3,(H,15,16). The van der Waals surface area contributed by atoms with Crippen molar-refractivity contribution in [2.24, 2.45) is 7.05 Å². The van der Waals surface area contributed by atoms with Crippen LogP contribution < -0.4 is 5.32 Å². The topological polar surface area (TPSA) is 60.6 Å². The number of aromatic nitrogens is 5. The fourth-order valence-corrected chi connectivity index (χ4v) is 3.20. The zero-order chi connectivity index (χ0) is 14.1. The molecule has 0 radical (unpaired) electrons. The second-order valence-electron chi connectivity index (χ2n) is 4.83. The molecule has 0 aromatic carbocycles. The molecule has 20 heavy (non-hydrogen) atoms. The van der Waals surface area contributed by atoms with E-state index in [1.165, 1.54) is 4.70 Å². The highest BCUT2D eigenvalue weighted by Crippen LogP contribution is 2.27. The molecular formula is C13H18N6S. The SMILES string of the molecule is Cc1nn(C)c2nc(NCCCn3ccnc3C)sc12. The molecule has 0 aliphatic carbocycles. The quantitative estimate of drug-likeness (QED) is 0.733. The molecule has 7 heteroatoms. The normalized spacial score (nSPS) is 11.3. The fraction of sp³-hybridized carbons (Fsp3) is 0.462. The number of aryl methyl sites for hydroxylation is 4. The Bertz CT molecular complexity index is 688. The molecular weight excluding hydrogens is 272 g/mol. The first-order chi connectivity index (χ1) is 9.65. The first kappa shape index (κ1) is 13.1. The van der Waals surface area contributed by atoms with Crippen molar-refractivity contribution in [3.05, 3.63) is 23.9 Å². The van der Waals surface area contributed by atoms with E-state index in [2.05, 4.69) is 25.0 Å². The summed E-state index contributed by atoms with van der Waals surface area (Å²) in [6.07, 6.45) is 4.90. The minimum absolute atomic E-state index is 0.907. The van der Waals surface area contributed by atoms with Gasteiger partial charge in [-0.3, -0.25) is 0 Å². The number of fused-ring (bicyclic) bond motifs is 1. The third-order valence-corrected chi connectivity index (χ3v) is 4.43. The first-order valence-electron chi connectivity index (χ1n) is 6.67. The minimum Gasteiger partial charge on any atom is -0.361 e. The van der Waals surface area contributed by atoms with E-state index in [-0.39, 0.29) is 0 Å². The highest BCUT2D eigenvalue weighted by atomic mass is 32.1. The molecule has 0 amide bonds. The Morgan fingerprint density at radius 2 is 2.20 bits per heavy atom. The van der Waals surface area contributed by atoms with Gasteiger partial charge in [0, 0.05) is 32.5 Å². The summed E-state index contributed by atoms with van der Waals surface area (Å²) in [7, 11) is 1.93. The lowest BCUT2D eigenvalue weighted by Crippen LogP contribution is -2.07. The van der Waals surface area contributed by atoms with Crippen LogP contribution in [0.4, 0.5) is 5.13 Å². The van der Waals surface area contributed by atoms with E-state index in [0.29, 0.717) is 0 Å². The molecule has 3 aromatic rings. The van der Waals surface area contributed by atoms with Crippen LogP contribution in [-0.2, 0) is 13.6 Å². The van der Waals surface area contributed by atoms with Crippen molar-refractivity contribution in [2.45, 2.75) is 26.8 Å². The van der Waals surface area contributed by atoms with Gasteiger partial charge in [0.1, 0.15) is 5.82 Å².